The van der Waals surface area contributed by atoms with Crippen LogP contribution in [0.4, 0.5) is 14.5 Å². The molecule has 1 amide bonds. The monoisotopic (exact) mass is 407 g/mol. The summed E-state index contributed by atoms with van der Waals surface area (Å²) in [5, 5.41) is 2.40. The molecule has 2 rings (SSSR count). The van der Waals surface area contributed by atoms with Crippen LogP contribution in [0.25, 0.3) is 0 Å². The van der Waals surface area contributed by atoms with Gasteiger partial charge in [-0.25, -0.2) is 4.79 Å². The standard InChI is InChI=1S/C21H23F2NO5/c1-12-9-13(2)19(14(3)10-12)27-11-18(25)28-15(4)20(26)24-16-7-5-6-8-17(16)29-21(22)23/h5-10,15,21H,11H2,1-4H3,(H,24,26)/t15-/m1/s1. The number of amides is 1. The molecule has 0 bridgehead atoms. The number of anilines is 1. The average molecular weight is 407 g/mol. The van der Waals surface area contributed by atoms with E-state index in [1.807, 2.05) is 32.9 Å². The third-order valence-corrected chi connectivity index (χ3v) is 3.98. The van der Waals surface area contributed by atoms with Crippen molar-refractivity contribution in [3.63, 3.8) is 0 Å². The number of hydrogen-bond acceptors (Lipinski definition) is 5. The average Bonchev–Trinajstić information content (AvgIpc) is 2.61. The van der Waals surface area contributed by atoms with Gasteiger partial charge in [-0.1, -0.05) is 29.8 Å². The van der Waals surface area contributed by atoms with Crippen LogP contribution in [0.1, 0.15) is 23.6 Å². The second-order valence-corrected chi connectivity index (χ2v) is 6.51. The third kappa shape index (κ3) is 6.44. The lowest BCUT2D eigenvalue weighted by Crippen LogP contribution is -2.32. The Bertz CT molecular complexity index is 862. The van der Waals surface area contributed by atoms with Crippen molar-refractivity contribution >= 4 is 17.6 Å². The largest absolute Gasteiger partial charge is 0.481 e. The van der Waals surface area contributed by atoms with Gasteiger partial charge in [0.1, 0.15) is 11.5 Å². The maximum absolute atomic E-state index is 12.5. The van der Waals surface area contributed by atoms with Gasteiger partial charge in [-0.3, -0.25) is 4.79 Å². The van der Waals surface area contributed by atoms with Gasteiger partial charge in [-0.2, -0.15) is 8.78 Å². The van der Waals surface area contributed by atoms with Gasteiger partial charge >= 0.3 is 12.6 Å². The zero-order valence-electron chi connectivity index (χ0n) is 16.6. The fourth-order valence-electron chi connectivity index (χ4n) is 2.81. The van der Waals surface area contributed by atoms with E-state index in [-0.39, 0.29) is 18.0 Å². The summed E-state index contributed by atoms with van der Waals surface area (Å²) in [4.78, 5) is 24.3. The molecule has 0 aromatic heterocycles. The maximum Gasteiger partial charge on any atom is 0.387 e. The van der Waals surface area contributed by atoms with E-state index < -0.39 is 24.6 Å². The zero-order chi connectivity index (χ0) is 21.6. The Balaban J connectivity index is 1.92. The number of carbonyl (C=O) groups is 2. The highest BCUT2D eigenvalue weighted by molar-refractivity contribution is 5.96. The molecule has 0 saturated heterocycles. The number of halogens is 2. The Morgan fingerprint density at radius 2 is 1.69 bits per heavy atom. The number of hydrogen-bond donors (Lipinski definition) is 1. The van der Waals surface area contributed by atoms with Gasteiger partial charge in [0.25, 0.3) is 5.91 Å². The first-order valence-electron chi connectivity index (χ1n) is 8.92. The van der Waals surface area contributed by atoms with Gasteiger partial charge in [0.15, 0.2) is 12.7 Å². The first-order chi connectivity index (χ1) is 13.7. The predicted octanol–water partition coefficient (Wildman–Crippen LogP) is 4.16. The summed E-state index contributed by atoms with van der Waals surface area (Å²) in [6.07, 6.45) is -1.16. The van der Waals surface area contributed by atoms with Crippen LogP contribution in [0, 0.1) is 20.8 Å². The molecule has 29 heavy (non-hydrogen) atoms. The highest BCUT2D eigenvalue weighted by Gasteiger charge is 2.20. The number of alkyl halides is 2. The van der Waals surface area contributed by atoms with Crippen molar-refractivity contribution in [2.45, 2.75) is 40.4 Å². The molecule has 6 nitrogen and oxygen atoms in total. The molecule has 0 heterocycles. The van der Waals surface area contributed by atoms with Crippen molar-refractivity contribution in [2.75, 3.05) is 11.9 Å². The van der Waals surface area contributed by atoms with Crippen LogP contribution >= 0.6 is 0 Å². The molecule has 2 aromatic carbocycles. The smallest absolute Gasteiger partial charge is 0.387 e. The summed E-state index contributed by atoms with van der Waals surface area (Å²) in [6.45, 7) is 3.67. The van der Waals surface area contributed by atoms with Crippen molar-refractivity contribution in [3.8, 4) is 11.5 Å². The Hall–Kier alpha value is -3.16. The number of rotatable bonds is 8. The molecule has 0 fully saturated rings. The Morgan fingerprint density at radius 1 is 1.07 bits per heavy atom. The predicted molar refractivity (Wildman–Crippen MR) is 103 cm³/mol. The van der Waals surface area contributed by atoms with E-state index in [1.165, 1.54) is 25.1 Å². The lowest BCUT2D eigenvalue weighted by atomic mass is 10.1. The normalized spacial score (nSPS) is 11.7. The number of ether oxygens (including phenoxy) is 3. The van der Waals surface area contributed by atoms with Crippen molar-refractivity contribution < 1.29 is 32.6 Å². The van der Waals surface area contributed by atoms with Crippen LogP contribution in [0.5, 0.6) is 11.5 Å². The second-order valence-electron chi connectivity index (χ2n) is 6.51. The summed E-state index contributed by atoms with van der Waals surface area (Å²) in [5.41, 5.74) is 2.90. The molecule has 156 valence electrons. The molecular formula is C21H23F2NO5. The first kappa shape index (κ1) is 22.1. The van der Waals surface area contributed by atoms with Gasteiger partial charge in [0.05, 0.1) is 5.69 Å². The van der Waals surface area contributed by atoms with Crippen LogP contribution < -0.4 is 14.8 Å². The Morgan fingerprint density at radius 3 is 2.31 bits per heavy atom. The van der Waals surface area contributed by atoms with E-state index in [4.69, 9.17) is 9.47 Å². The number of esters is 1. The zero-order valence-corrected chi connectivity index (χ0v) is 16.6. The Kier molecular flexibility index (Phi) is 7.52. The highest BCUT2D eigenvalue weighted by atomic mass is 19.3. The molecule has 0 aliphatic carbocycles. The Labute approximate surface area is 167 Å². The van der Waals surface area contributed by atoms with Crippen molar-refractivity contribution in [1.82, 2.24) is 0 Å². The number of nitrogens with one attached hydrogen (secondary N) is 1. The number of para-hydroxylation sites is 2. The molecule has 1 N–H and O–H groups in total. The van der Waals surface area contributed by atoms with Gasteiger partial charge in [-0.15, -0.1) is 0 Å². The molecule has 0 aliphatic heterocycles. The molecule has 0 unspecified atom stereocenters. The van der Waals surface area contributed by atoms with Crippen molar-refractivity contribution in [1.29, 1.82) is 0 Å². The van der Waals surface area contributed by atoms with Gasteiger partial charge in [-0.05, 0) is 51.0 Å². The molecule has 0 saturated carbocycles. The van der Waals surface area contributed by atoms with E-state index in [0.29, 0.717) is 5.75 Å². The van der Waals surface area contributed by atoms with Crippen LogP contribution in [0.2, 0.25) is 0 Å². The van der Waals surface area contributed by atoms with E-state index in [9.17, 15) is 18.4 Å². The molecule has 0 spiro atoms. The SMILES string of the molecule is Cc1cc(C)c(OCC(=O)O[C@H](C)C(=O)Nc2ccccc2OC(F)F)c(C)c1. The van der Waals surface area contributed by atoms with E-state index in [2.05, 4.69) is 10.1 Å². The summed E-state index contributed by atoms with van der Waals surface area (Å²) in [5.74, 6) is -1.03. The molecular weight excluding hydrogens is 384 g/mol. The summed E-state index contributed by atoms with van der Waals surface area (Å²) < 4.78 is 39.9. The summed E-state index contributed by atoms with van der Waals surface area (Å²) in [7, 11) is 0. The molecule has 0 aliphatic rings. The third-order valence-electron chi connectivity index (χ3n) is 3.98. The van der Waals surface area contributed by atoms with Crippen LogP contribution in [0.15, 0.2) is 36.4 Å². The van der Waals surface area contributed by atoms with Crippen LogP contribution in [-0.4, -0.2) is 31.2 Å². The minimum Gasteiger partial charge on any atom is -0.481 e. The maximum atomic E-state index is 12.5. The van der Waals surface area contributed by atoms with E-state index in [0.717, 1.165) is 16.7 Å². The van der Waals surface area contributed by atoms with E-state index >= 15 is 0 Å². The topological polar surface area (TPSA) is 73.9 Å². The molecule has 2 aromatic rings. The number of aryl methyl sites for hydroxylation is 3. The second kappa shape index (κ2) is 9.86. The quantitative estimate of drug-likeness (QED) is 0.665. The molecule has 8 heteroatoms. The van der Waals surface area contributed by atoms with Gasteiger partial charge < -0.3 is 19.5 Å². The number of benzene rings is 2. The molecule has 1 atom stereocenters. The first-order valence-corrected chi connectivity index (χ1v) is 8.92. The van der Waals surface area contributed by atoms with Gasteiger partial charge in [0.2, 0.25) is 0 Å². The highest BCUT2D eigenvalue weighted by Crippen LogP contribution is 2.26. The lowest BCUT2D eigenvalue weighted by molar-refractivity contribution is -0.155. The van der Waals surface area contributed by atoms with Crippen LogP contribution in [0.3, 0.4) is 0 Å². The number of carbonyl (C=O) groups excluding carboxylic acids is 2. The summed E-state index contributed by atoms with van der Waals surface area (Å²) >= 11 is 0. The van der Waals surface area contributed by atoms with Gasteiger partial charge in [0, 0.05) is 0 Å². The summed E-state index contributed by atoms with van der Waals surface area (Å²) in [6, 6.07) is 9.59. The van der Waals surface area contributed by atoms with Crippen LogP contribution in [-0.2, 0) is 14.3 Å². The fraction of sp³-hybridized carbons (Fsp3) is 0.333. The minimum absolute atomic E-state index is 0.0443. The lowest BCUT2D eigenvalue weighted by Gasteiger charge is -2.17. The minimum atomic E-state index is -3.03. The van der Waals surface area contributed by atoms with Crippen molar-refractivity contribution in [3.05, 3.63) is 53.1 Å². The van der Waals surface area contributed by atoms with E-state index in [1.54, 1.807) is 6.07 Å². The molecule has 0 radical (unpaired) electrons. The fourth-order valence-corrected chi connectivity index (χ4v) is 2.81. The van der Waals surface area contributed by atoms with Crippen molar-refractivity contribution in [2.24, 2.45) is 0 Å².